The minimum Gasteiger partial charge on any atom is -0.486 e. The molecule has 134 valence electrons. The molecule has 0 spiro atoms. The summed E-state index contributed by atoms with van der Waals surface area (Å²) in [5.74, 6) is 1.06. The fourth-order valence-electron chi connectivity index (χ4n) is 3.00. The first-order valence-electron chi connectivity index (χ1n) is 9.15. The minimum absolute atomic E-state index is 0.213. The molecule has 0 radical (unpaired) electrons. The van der Waals surface area contributed by atoms with Gasteiger partial charge in [-0.25, -0.2) is 0 Å². The first-order valence-corrected chi connectivity index (χ1v) is 10.6. The molecule has 0 N–H and O–H groups in total. The van der Waals surface area contributed by atoms with E-state index in [0.29, 0.717) is 0 Å². The molecule has 0 unspecified atom stereocenters. The molecule has 2 aromatic rings. The lowest BCUT2D eigenvalue weighted by molar-refractivity contribution is 0.133. The van der Waals surface area contributed by atoms with Crippen LogP contribution >= 0.6 is 0 Å². The van der Waals surface area contributed by atoms with Crippen LogP contribution in [0.4, 0.5) is 5.69 Å². The van der Waals surface area contributed by atoms with Gasteiger partial charge in [-0.3, -0.25) is 0 Å². The van der Waals surface area contributed by atoms with Crippen LogP contribution in [0.3, 0.4) is 0 Å². The summed E-state index contributed by atoms with van der Waals surface area (Å²) in [5, 5.41) is 2.77. The summed E-state index contributed by atoms with van der Waals surface area (Å²) >= 11 is 0. The molecular weight excluding hydrogens is 322 g/mol. The largest absolute Gasteiger partial charge is 0.486 e. The number of hydrogen-bond acceptors (Lipinski definition) is 2. The van der Waals surface area contributed by atoms with E-state index in [-0.39, 0.29) is 5.60 Å². The van der Waals surface area contributed by atoms with Crippen molar-refractivity contribution >= 4 is 31.7 Å². The summed E-state index contributed by atoms with van der Waals surface area (Å²) < 4.78 is 6.45. The fourth-order valence-corrected chi connectivity index (χ4v) is 4.70. The zero-order valence-corrected chi connectivity index (χ0v) is 17.7. The maximum atomic E-state index is 6.45. The minimum atomic E-state index is -0.631. The van der Waals surface area contributed by atoms with Gasteiger partial charge in [0.1, 0.15) is 11.4 Å². The Morgan fingerprint density at radius 1 is 1.08 bits per heavy atom. The van der Waals surface area contributed by atoms with Crippen molar-refractivity contribution in [3.05, 3.63) is 54.6 Å². The molecule has 3 heteroatoms. The van der Waals surface area contributed by atoms with Gasteiger partial charge in [-0.1, -0.05) is 54.2 Å². The van der Waals surface area contributed by atoms with Crippen LogP contribution in [0, 0.1) is 0 Å². The van der Waals surface area contributed by atoms with Crippen LogP contribution in [0.15, 0.2) is 49.0 Å². The number of para-hydroxylation sites is 1. The number of anilines is 1. The lowest BCUT2D eigenvalue weighted by Crippen LogP contribution is -2.35. The summed E-state index contributed by atoms with van der Waals surface area (Å²) in [7, 11) is -0.631. The van der Waals surface area contributed by atoms with Gasteiger partial charge in [0.05, 0.1) is 15.2 Å². The third-order valence-corrected chi connectivity index (χ3v) is 5.96. The third kappa shape index (κ3) is 5.23. The van der Waals surface area contributed by atoms with Crippen LogP contribution in [-0.4, -0.2) is 28.2 Å². The molecule has 0 saturated carbocycles. The van der Waals surface area contributed by atoms with Gasteiger partial charge < -0.3 is 9.64 Å². The molecule has 0 atom stereocenters. The summed E-state index contributed by atoms with van der Waals surface area (Å²) in [5.41, 5.74) is 2.18. The molecule has 2 aromatic carbocycles. The predicted octanol–water partition coefficient (Wildman–Crippen LogP) is 3.47. The second kappa shape index (κ2) is 8.39. The van der Waals surface area contributed by atoms with Crippen LogP contribution in [0.25, 0.3) is 6.08 Å². The van der Waals surface area contributed by atoms with E-state index in [1.165, 1.54) is 21.6 Å². The second-order valence-corrected chi connectivity index (χ2v) is 9.21. The summed E-state index contributed by atoms with van der Waals surface area (Å²) in [6.45, 7) is 16.6. The van der Waals surface area contributed by atoms with E-state index >= 15 is 0 Å². The Balaban J connectivity index is 2.48. The zero-order valence-electron chi connectivity index (χ0n) is 16.3. The Hall–Kier alpha value is -2.00. The molecule has 0 saturated heterocycles. The van der Waals surface area contributed by atoms with E-state index in [9.17, 15) is 0 Å². The number of benzene rings is 2. The van der Waals surface area contributed by atoms with Crippen molar-refractivity contribution in [1.82, 2.24) is 0 Å². The van der Waals surface area contributed by atoms with Gasteiger partial charge in [0.25, 0.3) is 0 Å². The fraction of sp³-hybridized carbons (Fsp3) is 0.364. The molecule has 0 aliphatic carbocycles. The Morgan fingerprint density at radius 2 is 1.76 bits per heavy atom. The monoisotopic (exact) mass is 353 g/mol. The highest BCUT2D eigenvalue weighted by molar-refractivity contribution is 6.68. The van der Waals surface area contributed by atoms with E-state index in [1.54, 1.807) is 0 Å². The van der Waals surface area contributed by atoms with E-state index in [0.717, 1.165) is 18.8 Å². The van der Waals surface area contributed by atoms with Crippen LogP contribution in [0.5, 0.6) is 5.75 Å². The lowest BCUT2D eigenvalue weighted by Gasteiger charge is -2.30. The Bertz CT molecular complexity index is 714. The first-order chi connectivity index (χ1) is 11.9. The van der Waals surface area contributed by atoms with E-state index < -0.39 is 9.52 Å². The average Bonchev–Trinajstić information content (AvgIpc) is 2.57. The number of rotatable bonds is 7. The van der Waals surface area contributed by atoms with Gasteiger partial charge in [0.2, 0.25) is 0 Å². The molecule has 0 aliphatic heterocycles. The van der Waals surface area contributed by atoms with Crippen molar-refractivity contribution in [3.8, 4) is 5.75 Å². The summed E-state index contributed by atoms with van der Waals surface area (Å²) in [6, 6.07) is 15.3. The highest BCUT2D eigenvalue weighted by atomic mass is 28.2. The third-order valence-electron chi connectivity index (χ3n) is 4.17. The van der Waals surface area contributed by atoms with Crippen molar-refractivity contribution in [1.29, 1.82) is 0 Å². The molecule has 0 fully saturated rings. The van der Waals surface area contributed by atoms with Gasteiger partial charge in [-0.2, -0.15) is 0 Å². The topological polar surface area (TPSA) is 12.5 Å². The second-order valence-electron chi connectivity index (χ2n) is 7.28. The maximum Gasteiger partial charge on any atom is 0.142 e. The molecule has 25 heavy (non-hydrogen) atoms. The van der Waals surface area contributed by atoms with Gasteiger partial charge >= 0.3 is 0 Å². The Morgan fingerprint density at radius 3 is 2.36 bits per heavy atom. The normalized spacial score (nSPS) is 11.7. The van der Waals surface area contributed by atoms with Crippen LogP contribution in [0.2, 0.25) is 0 Å². The van der Waals surface area contributed by atoms with E-state index in [1.807, 2.05) is 6.08 Å². The number of ether oxygens (including phenoxy) is 1. The molecule has 0 bridgehead atoms. The zero-order chi connectivity index (χ0) is 18.4. The SMILES string of the molecule is C=Cc1cccc([SiH2]c2cccc(N(CC)CC)c2OC(C)(C)C)c1. The summed E-state index contributed by atoms with van der Waals surface area (Å²) in [6.07, 6.45) is 1.91. The predicted molar refractivity (Wildman–Crippen MR) is 115 cm³/mol. The molecule has 0 aliphatic rings. The van der Waals surface area contributed by atoms with Crippen LogP contribution in [-0.2, 0) is 0 Å². The molecule has 2 nitrogen and oxygen atoms in total. The first kappa shape index (κ1) is 19.3. The highest BCUT2D eigenvalue weighted by Crippen LogP contribution is 2.29. The van der Waals surface area contributed by atoms with Crippen LogP contribution in [0.1, 0.15) is 40.2 Å². The van der Waals surface area contributed by atoms with Gasteiger partial charge in [0, 0.05) is 13.1 Å². The molecule has 0 aromatic heterocycles. The Labute approximate surface area is 155 Å². The lowest BCUT2D eigenvalue weighted by atomic mass is 10.2. The van der Waals surface area contributed by atoms with E-state index in [4.69, 9.17) is 4.74 Å². The molecule has 0 amide bonds. The number of hydrogen-bond donors (Lipinski definition) is 0. The van der Waals surface area contributed by atoms with Gasteiger partial charge in [0.15, 0.2) is 0 Å². The molecule has 2 rings (SSSR count). The molecule has 0 heterocycles. The van der Waals surface area contributed by atoms with Crippen molar-refractivity contribution in [2.75, 3.05) is 18.0 Å². The average molecular weight is 354 g/mol. The maximum absolute atomic E-state index is 6.45. The number of nitrogens with zero attached hydrogens (tertiary/aromatic N) is 1. The quantitative estimate of drug-likeness (QED) is 0.707. The standard InChI is InChI=1S/C22H31NOSi/c1-7-17-12-10-13-18(16-17)25-20-15-11-14-19(23(8-2)9-3)21(20)24-22(4,5)6/h7,10-16H,1,8-9,25H2,2-6H3. The molecular formula is C22H31NOSi. The smallest absolute Gasteiger partial charge is 0.142 e. The van der Waals surface area contributed by atoms with Gasteiger partial charge in [-0.15, -0.1) is 0 Å². The highest BCUT2D eigenvalue weighted by Gasteiger charge is 2.20. The van der Waals surface area contributed by atoms with Crippen molar-refractivity contribution in [2.24, 2.45) is 0 Å². The van der Waals surface area contributed by atoms with Gasteiger partial charge in [-0.05, 0) is 51.4 Å². The van der Waals surface area contributed by atoms with Crippen molar-refractivity contribution < 1.29 is 4.74 Å². The summed E-state index contributed by atoms with van der Waals surface area (Å²) in [4.78, 5) is 2.37. The van der Waals surface area contributed by atoms with Crippen molar-refractivity contribution in [2.45, 2.75) is 40.2 Å². The van der Waals surface area contributed by atoms with E-state index in [2.05, 4.69) is 88.6 Å². The van der Waals surface area contributed by atoms with Crippen LogP contribution < -0.4 is 20.0 Å². The Kier molecular flexibility index (Phi) is 6.49. The van der Waals surface area contributed by atoms with Crippen molar-refractivity contribution in [3.63, 3.8) is 0 Å².